The monoisotopic (exact) mass is 520 g/mol. The summed E-state index contributed by atoms with van der Waals surface area (Å²) in [6.45, 7) is 7.59. The van der Waals surface area contributed by atoms with E-state index in [0.717, 1.165) is 36.5 Å². The molecule has 0 aliphatic carbocycles. The number of fused-ring (bicyclic) bond motifs is 1. The maximum absolute atomic E-state index is 13.9. The number of aromatic nitrogens is 1. The standard InChI is InChI=1S/C30H36N4O2.ClH/c1-22-18-33(25(17-32-22)20-36-3)19-29(35)34-21-30(2,28-11-7-8-14-31-28)26-13-12-24(16-27(26)34)15-23-9-5-4-6-10-23;/h4-14,16,22,25,32H,15,17-21H2,1-3H3;1H/t22-,25-,30?;/m1./s1. The average Bonchev–Trinajstić information content (AvgIpc) is 3.20. The molecule has 1 saturated heterocycles. The first-order valence-corrected chi connectivity index (χ1v) is 12.8. The Kier molecular flexibility index (Phi) is 8.65. The number of pyridine rings is 1. The molecule has 2 aliphatic rings. The van der Waals surface area contributed by atoms with Gasteiger partial charge in [0.2, 0.25) is 5.91 Å². The minimum absolute atomic E-state index is 0. The van der Waals surface area contributed by atoms with Crippen molar-refractivity contribution in [2.45, 2.75) is 37.8 Å². The smallest absolute Gasteiger partial charge is 0.241 e. The van der Waals surface area contributed by atoms with Crippen LogP contribution < -0.4 is 10.2 Å². The number of methoxy groups -OCH3 is 1. The summed E-state index contributed by atoms with van der Waals surface area (Å²) in [5.74, 6) is 0.128. The summed E-state index contributed by atoms with van der Waals surface area (Å²) in [6, 6.07) is 23.7. The molecule has 1 amide bonds. The molecule has 196 valence electrons. The van der Waals surface area contributed by atoms with Crippen LogP contribution in [-0.4, -0.2) is 67.8 Å². The van der Waals surface area contributed by atoms with Crippen LogP contribution in [0.5, 0.6) is 0 Å². The molecule has 0 bridgehead atoms. The lowest BCUT2D eigenvalue weighted by molar-refractivity contribution is -0.121. The lowest BCUT2D eigenvalue weighted by atomic mass is 9.80. The van der Waals surface area contributed by atoms with Crippen LogP contribution in [-0.2, 0) is 21.4 Å². The highest BCUT2D eigenvalue weighted by molar-refractivity contribution is 5.98. The van der Waals surface area contributed by atoms with Gasteiger partial charge < -0.3 is 15.0 Å². The van der Waals surface area contributed by atoms with Gasteiger partial charge in [-0.25, -0.2) is 0 Å². The first-order valence-electron chi connectivity index (χ1n) is 12.8. The van der Waals surface area contributed by atoms with E-state index in [2.05, 4.69) is 72.6 Å². The number of anilines is 1. The number of piperazine rings is 1. The summed E-state index contributed by atoms with van der Waals surface area (Å²) >= 11 is 0. The van der Waals surface area contributed by atoms with Gasteiger partial charge in [0.1, 0.15) is 0 Å². The van der Waals surface area contributed by atoms with Crippen molar-refractivity contribution in [1.29, 1.82) is 0 Å². The molecule has 3 atom stereocenters. The molecular weight excluding hydrogens is 484 g/mol. The second-order valence-corrected chi connectivity index (χ2v) is 10.4. The van der Waals surface area contributed by atoms with Crippen LogP contribution in [0.4, 0.5) is 5.69 Å². The number of carbonyl (C=O) groups excluding carboxylic acids is 1. The number of nitrogens with one attached hydrogen (secondary N) is 1. The Labute approximate surface area is 226 Å². The fraction of sp³-hybridized carbons (Fsp3) is 0.400. The maximum atomic E-state index is 13.9. The molecule has 2 aromatic carbocycles. The molecule has 0 radical (unpaired) electrons. The summed E-state index contributed by atoms with van der Waals surface area (Å²) in [5.41, 5.74) is 5.27. The second-order valence-electron chi connectivity index (χ2n) is 10.4. The molecule has 3 aromatic rings. The molecule has 7 heteroatoms. The quantitative estimate of drug-likeness (QED) is 0.509. The zero-order chi connectivity index (χ0) is 25.1. The third-order valence-corrected chi connectivity index (χ3v) is 7.63. The van der Waals surface area contributed by atoms with Crippen LogP contribution >= 0.6 is 12.4 Å². The van der Waals surface area contributed by atoms with Crippen molar-refractivity contribution in [3.63, 3.8) is 0 Å². The van der Waals surface area contributed by atoms with E-state index < -0.39 is 0 Å². The highest BCUT2D eigenvalue weighted by Crippen LogP contribution is 2.45. The number of amides is 1. The van der Waals surface area contributed by atoms with Gasteiger partial charge in [0.25, 0.3) is 0 Å². The number of benzene rings is 2. The normalized spacial score (nSPS) is 23.4. The van der Waals surface area contributed by atoms with Gasteiger partial charge in [0, 0.05) is 50.7 Å². The van der Waals surface area contributed by atoms with Crippen LogP contribution in [0, 0.1) is 0 Å². The molecule has 1 unspecified atom stereocenters. The van der Waals surface area contributed by atoms with E-state index in [0.29, 0.717) is 25.7 Å². The Balaban J connectivity index is 0.00000320. The van der Waals surface area contributed by atoms with E-state index >= 15 is 0 Å². The van der Waals surface area contributed by atoms with E-state index in [4.69, 9.17) is 9.72 Å². The van der Waals surface area contributed by atoms with Crippen LogP contribution in [0.3, 0.4) is 0 Å². The number of halogens is 1. The van der Waals surface area contributed by atoms with E-state index in [1.807, 2.05) is 29.3 Å². The summed E-state index contributed by atoms with van der Waals surface area (Å²) in [5, 5.41) is 3.52. The van der Waals surface area contributed by atoms with E-state index in [9.17, 15) is 4.79 Å². The summed E-state index contributed by atoms with van der Waals surface area (Å²) < 4.78 is 5.46. The second kappa shape index (κ2) is 11.7. The van der Waals surface area contributed by atoms with Gasteiger partial charge in [-0.15, -0.1) is 12.4 Å². The molecule has 0 saturated carbocycles. The Morgan fingerprint density at radius 2 is 1.89 bits per heavy atom. The summed E-state index contributed by atoms with van der Waals surface area (Å²) in [4.78, 5) is 22.9. The van der Waals surface area contributed by atoms with Crippen molar-refractivity contribution in [2.24, 2.45) is 0 Å². The van der Waals surface area contributed by atoms with Crippen molar-refractivity contribution in [3.8, 4) is 0 Å². The predicted molar refractivity (Wildman–Crippen MR) is 151 cm³/mol. The average molecular weight is 521 g/mol. The zero-order valence-corrected chi connectivity index (χ0v) is 22.7. The SMILES string of the molecule is COC[C@H]1CN[C@H](C)CN1CC(=O)N1CC(C)(c2ccccn2)c2ccc(Cc3ccccc3)cc21.Cl. The Morgan fingerprint density at radius 3 is 2.62 bits per heavy atom. The molecule has 1 aromatic heterocycles. The lowest BCUT2D eigenvalue weighted by Crippen LogP contribution is -2.59. The summed E-state index contributed by atoms with van der Waals surface area (Å²) in [6.07, 6.45) is 2.67. The fourth-order valence-electron chi connectivity index (χ4n) is 5.67. The van der Waals surface area contributed by atoms with E-state index in [1.165, 1.54) is 11.1 Å². The van der Waals surface area contributed by atoms with Crippen LogP contribution in [0.15, 0.2) is 72.9 Å². The van der Waals surface area contributed by atoms with E-state index in [1.54, 1.807) is 7.11 Å². The third-order valence-electron chi connectivity index (χ3n) is 7.63. The third kappa shape index (κ3) is 5.73. The first-order chi connectivity index (χ1) is 17.5. The number of carbonyl (C=O) groups is 1. The largest absolute Gasteiger partial charge is 0.383 e. The van der Waals surface area contributed by atoms with Crippen LogP contribution in [0.1, 0.15) is 36.2 Å². The maximum Gasteiger partial charge on any atom is 0.241 e. The topological polar surface area (TPSA) is 57.7 Å². The van der Waals surface area contributed by atoms with Gasteiger partial charge in [0.15, 0.2) is 0 Å². The minimum Gasteiger partial charge on any atom is -0.383 e. The van der Waals surface area contributed by atoms with Crippen molar-refractivity contribution in [1.82, 2.24) is 15.2 Å². The highest BCUT2D eigenvalue weighted by atomic mass is 35.5. The summed E-state index contributed by atoms with van der Waals surface area (Å²) in [7, 11) is 1.72. The molecule has 37 heavy (non-hydrogen) atoms. The molecule has 1 N–H and O–H groups in total. The van der Waals surface area contributed by atoms with Gasteiger partial charge in [-0.1, -0.05) is 48.5 Å². The number of nitrogens with zero attached hydrogens (tertiary/aromatic N) is 3. The number of hydrogen-bond acceptors (Lipinski definition) is 5. The van der Waals surface area contributed by atoms with Crippen molar-refractivity contribution < 1.29 is 9.53 Å². The molecule has 1 fully saturated rings. The molecule has 6 nitrogen and oxygen atoms in total. The zero-order valence-electron chi connectivity index (χ0n) is 21.9. The van der Waals surface area contributed by atoms with Gasteiger partial charge >= 0.3 is 0 Å². The van der Waals surface area contributed by atoms with Crippen LogP contribution in [0.25, 0.3) is 0 Å². The van der Waals surface area contributed by atoms with Crippen molar-refractivity contribution in [2.75, 3.05) is 44.8 Å². The van der Waals surface area contributed by atoms with Gasteiger partial charge in [-0.2, -0.15) is 0 Å². The lowest BCUT2D eigenvalue weighted by Gasteiger charge is -2.39. The number of ether oxygens (including phenoxy) is 1. The van der Waals surface area contributed by atoms with Crippen LogP contribution in [0.2, 0.25) is 0 Å². The predicted octanol–water partition coefficient (Wildman–Crippen LogP) is 4.06. The Morgan fingerprint density at radius 1 is 1.11 bits per heavy atom. The Hall–Kier alpha value is -2.77. The first kappa shape index (κ1) is 27.3. The van der Waals surface area contributed by atoms with Crippen molar-refractivity contribution in [3.05, 3.63) is 95.3 Å². The molecular formula is C30H37ClN4O2. The van der Waals surface area contributed by atoms with Gasteiger partial charge in [0.05, 0.1) is 24.3 Å². The van der Waals surface area contributed by atoms with Gasteiger partial charge in [-0.05, 0) is 55.2 Å². The molecule has 0 spiro atoms. The number of rotatable bonds is 7. The van der Waals surface area contributed by atoms with Crippen molar-refractivity contribution >= 4 is 24.0 Å². The molecule has 2 aliphatic heterocycles. The fourth-order valence-corrected chi connectivity index (χ4v) is 5.67. The minimum atomic E-state index is -0.361. The molecule has 5 rings (SSSR count). The number of hydrogen-bond donors (Lipinski definition) is 1. The van der Waals surface area contributed by atoms with Gasteiger partial charge in [-0.3, -0.25) is 14.7 Å². The molecule has 3 heterocycles. The van der Waals surface area contributed by atoms with E-state index in [-0.39, 0.29) is 29.8 Å². The highest BCUT2D eigenvalue weighted by Gasteiger charge is 2.44. The Bertz CT molecular complexity index is 1190.